The zero-order valence-corrected chi connectivity index (χ0v) is 17.4. The van der Waals surface area contributed by atoms with E-state index in [9.17, 15) is 9.59 Å². The average molecular weight is 406 g/mol. The molecule has 0 saturated carbocycles. The minimum absolute atomic E-state index is 0.0650. The molecule has 1 fully saturated rings. The van der Waals surface area contributed by atoms with Crippen molar-refractivity contribution in [3.8, 4) is 17.2 Å². The van der Waals surface area contributed by atoms with Gasteiger partial charge in [0.15, 0.2) is 23.2 Å². The maximum absolute atomic E-state index is 12.5. The number of allylic oxidation sites excluding steroid dienone is 1. The van der Waals surface area contributed by atoms with Crippen LogP contribution in [0.25, 0.3) is 0 Å². The van der Waals surface area contributed by atoms with Crippen molar-refractivity contribution in [1.29, 1.82) is 0 Å². The number of carbonyl (C=O) groups is 2. The summed E-state index contributed by atoms with van der Waals surface area (Å²) in [6.45, 7) is 8.76. The van der Waals surface area contributed by atoms with Crippen molar-refractivity contribution in [1.82, 2.24) is 0 Å². The maximum Gasteiger partial charge on any atom is 0.341 e. The van der Waals surface area contributed by atoms with Crippen molar-refractivity contribution in [2.24, 2.45) is 0 Å². The summed E-state index contributed by atoms with van der Waals surface area (Å²) in [5, 5.41) is 0. The highest BCUT2D eigenvalue weighted by Gasteiger charge is 2.57. The summed E-state index contributed by atoms with van der Waals surface area (Å²) in [4.78, 5) is 24.8. The van der Waals surface area contributed by atoms with E-state index in [1.165, 1.54) is 13.2 Å². The fourth-order valence-electron chi connectivity index (χ4n) is 3.04. The molecule has 0 bridgehead atoms. The van der Waals surface area contributed by atoms with Crippen LogP contribution in [0, 0.1) is 0 Å². The summed E-state index contributed by atoms with van der Waals surface area (Å²) >= 11 is 0. The smallest absolute Gasteiger partial charge is 0.341 e. The second kappa shape index (κ2) is 7.94. The van der Waals surface area contributed by atoms with E-state index in [0.29, 0.717) is 22.8 Å². The lowest BCUT2D eigenvalue weighted by Gasteiger charge is -2.25. The number of hydrogen-bond donors (Lipinski definition) is 0. The molecule has 4 atom stereocenters. The molecule has 158 valence electrons. The number of methoxy groups -OCH3 is 1. The molecular weight excluding hydrogens is 380 g/mol. The number of esters is 2. The Morgan fingerprint density at radius 3 is 2.52 bits per heavy atom. The van der Waals surface area contributed by atoms with Crippen molar-refractivity contribution >= 4 is 11.9 Å². The molecule has 2 aliphatic rings. The summed E-state index contributed by atoms with van der Waals surface area (Å²) in [6.07, 6.45) is -0.517. The van der Waals surface area contributed by atoms with Gasteiger partial charge in [-0.1, -0.05) is 5.57 Å². The van der Waals surface area contributed by atoms with Crippen LogP contribution in [0.2, 0.25) is 0 Å². The minimum atomic E-state index is -0.977. The lowest BCUT2D eigenvalue weighted by Crippen LogP contribution is -2.33. The third-order valence-corrected chi connectivity index (χ3v) is 4.92. The standard InChI is InChI=1S/C21H26O8/c1-11(2)7-17(22)28-18(12(3)27-20(23)21(5)13(4)29-21)14-8-15(24-6)19-16(9-14)25-10-26-19/h7-9,12-13,18H,10H2,1-6H3/t12-,13?,18-,21?/m0/s1. The topological polar surface area (TPSA) is 92.8 Å². The zero-order valence-electron chi connectivity index (χ0n) is 17.4. The van der Waals surface area contributed by atoms with Gasteiger partial charge in [0.1, 0.15) is 6.10 Å². The highest BCUT2D eigenvalue weighted by molar-refractivity contribution is 5.84. The average Bonchev–Trinajstić information content (AvgIpc) is 3.05. The second-order valence-corrected chi connectivity index (χ2v) is 7.51. The summed E-state index contributed by atoms with van der Waals surface area (Å²) in [5.41, 5.74) is 0.362. The van der Waals surface area contributed by atoms with Crippen molar-refractivity contribution < 1.29 is 38.0 Å². The van der Waals surface area contributed by atoms with E-state index in [-0.39, 0.29) is 12.9 Å². The summed E-state index contributed by atoms with van der Waals surface area (Å²) in [7, 11) is 1.50. The van der Waals surface area contributed by atoms with Gasteiger partial charge in [-0.15, -0.1) is 0 Å². The molecule has 1 aromatic rings. The van der Waals surface area contributed by atoms with Crippen molar-refractivity contribution in [3.05, 3.63) is 29.3 Å². The van der Waals surface area contributed by atoms with Gasteiger partial charge in [0, 0.05) is 11.6 Å². The van der Waals surface area contributed by atoms with Crippen LogP contribution in [-0.2, 0) is 23.8 Å². The van der Waals surface area contributed by atoms with E-state index >= 15 is 0 Å². The monoisotopic (exact) mass is 406 g/mol. The Morgan fingerprint density at radius 1 is 1.24 bits per heavy atom. The molecular formula is C21H26O8. The Bertz CT molecular complexity index is 841. The molecule has 0 N–H and O–H groups in total. The number of hydrogen-bond acceptors (Lipinski definition) is 8. The summed E-state index contributed by atoms with van der Waals surface area (Å²) < 4.78 is 32.8. The van der Waals surface area contributed by atoms with Crippen LogP contribution >= 0.6 is 0 Å². The largest absolute Gasteiger partial charge is 0.493 e. The van der Waals surface area contributed by atoms with Gasteiger partial charge in [-0.2, -0.15) is 0 Å². The number of epoxide rings is 1. The number of fused-ring (bicyclic) bond motifs is 1. The van der Waals surface area contributed by atoms with Crippen molar-refractivity contribution in [2.45, 2.75) is 58.5 Å². The van der Waals surface area contributed by atoms with Crippen LogP contribution in [0.15, 0.2) is 23.8 Å². The molecule has 0 radical (unpaired) electrons. The first-order valence-corrected chi connectivity index (χ1v) is 9.37. The number of carbonyl (C=O) groups excluding carboxylic acids is 2. The van der Waals surface area contributed by atoms with E-state index in [1.54, 1.807) is 46.8 Å². The Labute approximate surface area is 169 Å². The Morgan fingerprint density at radius 2 is 1.93 bits per heavy atom. The summed E-state index contributed by atoms with van der Waals surface area (Å²) in [6, 6.07) is 3.36. The van der Waals surface area contributed by atoms with E-state index in [0.717, 1.165) is 5.57 Å². The zero-order chi connectivity index (χ0) is 21.3. The molecule has 0 aliphatic carbocycles. The number of rotatable bonds is 7. The SMILES string of the molecule is COc1cc([C@@H](OC(=O)C=C(C)C)[C@H](C)OC(=O)C2(C)OC2C)cc2c1OCO2. The number of benzene rings is 1. The highest BCUT2D eigenvalue weighted by Crippen LogP contribution is 2.44. The van der Waals surface area contributed by atoms with Crippen LogP contribution in [-0.4, -0.2) is 43.7 Å². The first-order chi connectivity index (χ1) is 13.7. The van der Waals surface area contributed by atoms with Crippen molar-refractivity contribution in [3.63, 3.8) is 0 Å². The van der Waals surface area contributed by atoms with Gasteiger partial charge < -0.3 is 28.4 Å². The molecule has 0 aromatic heterocycles. The Balaban J connectivity index is 1.90. The first-order valence-electron chi connectivity index (χ1n) is 9.37. The summed E-state index contributed by atoms with van der Waals surface area (Å²) in [5.74, 6) is 0.323. The van der Waals surface area contributed by atoms with Gasteiger partial charge in [-0.05, 0) is 46.8 Å². The molecule has 8 heteroatoms. The van der Waals surface area contributed by atoms with Gasteiger partial charge in [-0.3, -0.25) is 0 Å². The van der Waals surface area contributed by atoms with Gasteiger partial charge in [0.2, 0.25) is 12.5 Å². The normalized spacial score (nSPS) is 23.6. The third kappa shape index (κ3) is 4.32. The lowest BCUT2D eigenvalue weighted by atomic mass is 10.0. The van der Waals surface area contributed by atoms with Crippen LogP contribution in [0.1, 0.15) is 46.3 Å². The molecule has 3 rings (SSSR count). The lowest BCUT2D eigenvalue weighted by molar-refractivity contribution is -0.168. The van der Waals surface area contributed by atoms with Gasteiger partial charge in [0.05, 0.1) is 13.2 Å². The molecule has 2 unspecified atom stereocenters. The van der Waals surface area contributed by atoms with Gasteiger partial charge in [0.25, 0.3) is 0 Å². The van der Waals surface area contributed by atoms with E-state index in [2.05, 4.69) is 0 Å². The van der Waals surface area contributed by atoms with Gasteiger partial charge in [-0.25, -0.2) is 9.59 Å². The van der Waals surface area contributed by atoms with E-state index < -0.39 is 29.7 Å². The number of ether oxygens (including phenoxy) is 6. The fraction of sp³-hybridized carbons (Fsp3) is 0.524. The Hall–Kier alpha value is -2.74. The predicted molar refractivity (Wildman–Crippen MR) is 102 cm³/mol. The first kappa shape index (κ1) is 21.0. The molecule has 1 aromatic carbocycles. The van der Waals surface area contributed by atoms with Crippen LogP contribution in [0.5, 0.6) is 17.2 Å². The predicted octanol–water partition coefficient (Wildman–Crippen LogP) is 3.08. The molecule has 1 saturated heterocycles. The maximum atomic E-state index is 12.5. The quantitative estimate of drug-likeness (QED) is 0.387. The third-order valence-electron chi connectivity index (χ3n) is 4.92. The van der Waals surface area contributed by atoms with Crippen LogP contribution < -0.4 is 14.2 Å². The molecule has 0 spiro atoms. The Kier molecular flexibility index (Phi) is 5.75. The molecule has 2 heterocycles. The molecule has 29 heavy (non-hydrogen) atoms. The molecule has 0 amide bonds. The van der Waals surface area contributed by atoms with E-state index in [4.69, 9.17) is 28.4 Å². The van der Waals surface area contributed by atoms with Crippen LogP contribution in [0.4, 0.5) is 0 Å². The minimum Gasteiger partial charge on any atom is -0.493 e. The highest BCUT2D eigenvalue weighted by atomic mass is 16.7. The van der Waals surface area contributed by atoms with Gasteiger partial charge >= 0.3 is 11.9 Å². The fourth-order valence-corrected chi connectivity index (χ4v) is 3.04. The second-order valence-electron chi connectivity index (χ2n) is 7.51. The van der Waals surface area contributed by atoms with Crippen molar-refractivity contribution in [2.75, 3.05) is 13.9 Å². The van der Waals surface area contributed by atoms with Crippen LogP contribution in [0.3, 0.4) is 0 Å². The molecule has 2 aliphatic heterocycles. The molecule has 8 nitrogen and oxygen atoms in total. The van der Waals surface area contributed by atoms with E-state index in [1.807, 2.05) is 0 Å².